The van der Waals surface area contributed by atoms with E-state index in [0.29, 0.717) is 6.61 Å². The standard InChI is InChI=1S/C16H20N2O/c1-3-19-16-6-4-14(5-7-16)10-18-12-15-11-17-9-8-13(15)2/h4-9,11,18H,3,10,12H2,1-2H3. The van der Waals surface area contributed by atoms with Crippen molar-refractivity contribution in [3.63, 3.8) is 0 Å². The summed E-state index contributed by atoms with van der Waals surface area (Å²) in [5.41, 5.74) is 3.77. The second-order valence-corrected chi connectivity index (χ2v) is 4.48. The van der Waals surface area contributed by atoms with Crippen LogP contribution in [0.1, 0.15) is 23.6 Å². The molecule has 1 heterocycles. The Kier molecular flexibility index (Phi) is 4.93. The summed E-state index contributed by atoms with van der Waals surface area (Å²) in [5, 5.41) is 3.43. The van der Waals surface area contributed by atoms with Crippen LogP contribution in [0.4, 0.5) is 0 Å². The van der Waals surface area contributed by atoms with Crippen LogP contribution >= 0.6 is 0 Å². The monoisotopic (exact) mass is 256 g/mol. The summed E-state index contributed by atoms with van der Waals surface area (Å²) >= 11 is 0. The van der Waals surface area contributed by atoms with Crippen LogP contribution in [0.25, 0.3) is 0 Å². The smallest absolute Gasteiger partial charge is 0.119 e. The molecule has 2 aromatic rings. The molecule has 3 heteroatoms. The lowest BCUT2D eigenvalue weighted by molar-refractivity contribution is 0.340. The summed E-state index contributed by atoms with van der Waals surface area (Å²) in [6, 6.07) is 10.2. The number of benzene rings is 1. The highest BCUT2D eigenvalue weighted by atomic mass is 16.5. The third kappa shape index (κ3) is 4.07. The molecule has 0 bridgehead atoms. The molecule has 0 aliphatic carbocycles. The van der Waals surface area contributed by atoms with Crippen LogP contribution in [0.15, 0.2) is 42.7 Å². The van der Waals surface area contributed by atoms with Crippen molar-refractivity contribution in [3.05, 3.63) is 59.4 Å². The molecule has 0 aliphatic rings. The SMILES string of the molecule is CCOc1ccc(CNCc2cnccc2C)cc1. The molecule has 0 amide bonds. The minimum atomic E-state index is 0.706. The van der Waals surface area contributed by atoms with Crippen molar-refractivity contribution in [2.24, 2.45) is 0 Å². The van der Waals surface area contributed by atoms with Gasteiger partial charge in [0.2, 0.25) is 0 Å². The van der Waals surface area contributed by atoms with Gasteiger partial charge in [-0.05, 0) is 48.7 Å². The maximum absolute atomic E-state index is 5.42. The van der Waals surface area contributed by atoms with Gasteiger partial charge in [0, 0.05) is 25.5 Å². The van der Waals surface area contributed by atoms with Gasteiger partial charge in [0.1, 0.15) is 5.75 Å². The minimum absolute atomic E-state index is 0.706. The lowest BCUT2D eigenvalue weighted by Gasteiger charge is -2.08. The van der Waals surface area contributed by atoms with Crippen LogP contribution in [-0.4, -0.2) is 11.6 Å². The third-order valence-electron chi connectivity index (χ3n) is 3.03. The molecule has 1 aromatic carbocycles. The number of aromatic nitrogens is 1. The zero-order valence-corrected chi connectivity index (χ0v) is 11.5. The quantitative estimate of drug-likeness (QED) is 0.862. The number of ether oxygens (including phenoxy) is 1. The van der Waals surface area contributed by atoms with E-state index in [1.54, 1.807) is 0 Å². The van der Waals surface area contributed by atoms with Crippen molar-refractivity contribution in [1.82, 2.24) is 10.3 Å². The number of aryl methyl sites for hydroxylation is 1. The topological polar surface area (TPSA) is 34.1 Å². The molecule has 1 aromatic heterocycles. The number of rotatable bonds is 6. The molecular weight excluding hydrogens is 236 g/mol. The molecule has 0 fully saturated rings. The summed E-state index contributed by atoms with van der Waals surface area (Å²) in [6.07, 6.45) is 3.74. The van der Waals surface area contributed by atoms with Gasteiger partial charge in [-0.25, -0.2) is 0 Å². The second-order valence-electron chi connectivity index (χ2n) is 4.48. The molecule has 0 saturated heterocycles. The predicted octanol–water partition coefficient (Wildman–Crippen LogP) is 3.08. The van der Waals surface area contributed by atoms with Gasteiger partial charge in [-0.15, -0.1) is 0 Å². The van der Waals surface area contributed by atoms with E-state index in [9.17, 15) is 0 Å². The second kappa shape index (κ2) is 6.90. The molecule has 0 saturated carbocycles. The normalized spacial score (nSPS) is 10.4. The Labute approximate surface area is 114 Å². The first kappa shape index (κ1) is 13.6. The zero-order chi connectivity index (χ0) is 13.5. The Balaban J connectivity index is 1.84. The van der Waals surface area contributed by atoms with Gasteiger partial charge in [0.15, 0.2) is 0 Å². The Morgan fingerprint density at radius 3 is 2.58 bits per heavy atom. The van der Waals surface area contributed by atoms with E-state index in [4.69, 9.17) is 4.74 Å². The minimum Gasteiger partial charge on any atom is -0.494 e. The summed E-state index contributed by atoms with van der Waals surface area (Å²) < 4.78 is 5.42. The van der Waals surface area contributed by atoms with E-state index < -0.39 is 0 Å². The van der Waals surface area contributed by atoms with Crippen LogP contribution in [-0.2, 0) is 13.1 Å². The zero-order valence-electron chi connectivity index (χ0n) is 11.5. The van der Waals surface area contributed by atoms with Crippen LogP contribution in [0.3, 0.4) is 0 Å². The third-order valence-corrected chi connectivity index (χ3v) is 3.03. The fraction of sp³-hybridized carbons (Fsp3) is 0.312. The van der Waals surface area contributed by atoms with E-state index in [1.165, 1.54) is 16.7 Å². The molecule has 0 spiro atoms. The summed E-state index contributed by atoms with van der Waals surface area (Å²) in [4.78, 5) is 4.15. The van der Waals surface area contributed by atoms with Crippen molar-refractivity contribution in [1.29, 1.82) is 0 Å². The first-order valence-corrected chi connectivity index (χ1v) is 6.61. The summed E-state index contributed by atoms with van der Waals surface area (Å²) in [7, 11) is 0. The fourth-order valence-corrected chi connectivity index (χ4v) is 1.89. The van der Waals surface area contributed by atoms with Crippen molar-refractivity contribution in [3.8, 4) is 5.75 Å². The van der Waals surface area contributed by atoms with Crippen LogP contribution in [0.5, 0.6) is 5.75 Å². The van der Waals surface area contributed by atoms with Crippen molar-refractivity contribution in [2.75, 3.05) is 6.61 Å². The highest BCUT2D eigenvalue weighted by Crippen LogP contribution is 2.12. The highest BCUT2D eigenvalue weighted by molar-refractivity contribution is 5.27. The number of pyridine rings is 1. The number of hydrogen-bond acceptors (Lipinski definition) is 3. The van der Waals surface area contributed by atoms with Crippen molar-refractivity contribution in [2.45, 2.75) is 26.9 Å². The highest BCUT2D eigenvalue weighted by Gasteiger charge is 1.98. The van der Waals surface area contributed by atoms with Gasteiger partial charge in [0.25, 0.3) is 0 Å². The van der Waals surface area contributed by atoms with E-state index in [-0.39, 0.29) is 0 Å². The molecular formula is C16H20N2O. The molecule has 100 valence electrons. The lowest BCUT2D eigenvalue weighted by Crippen LogP contribution is -2.13. The lowest BCUT2D eigenvalue weighted by atomic mass is 10.1. The molecule has 0 unspecified atom stereocenters. The van der Waals surface area contributed by atoms with Gasteiger partial charge in [0.05, 0.1) is 6.61 Å². The molecule has 2 rings (SSSR count). The first-order valence-electron chi connectivity index (χ1n) is 6.61. The summed E-state index contributed by atoms with van der Waals surface area (Å²) in [5.74, 6) is 0.925. The van der Waals surface area contributed by atoms with E-state index in [2.05, 4.69) is 29.4 Å². The van der Waals surface area contributed by atoms with Gasteiger partial charge >= 0.3 is 0 Å². The van der Waals surface area contributed by atoms with E-state index >= 15 is 0 Å². The maximum Gasteiger partial charge on any atom is 0.119 e. The van der Waals surface area contributed by atoms with Crippen LogP contribution in [0.2, 0.25) is 0 Å². The fourth-order valence-electron chi connectivity index (χ4n) is 1.89. The Hall–Kier alpha value is -1.87. The first-order chi connectivity index (χ1) is 9.29. The summed E-state index contributed by atoms with van der Waals surface area (Å²) in [6.45, 7) is 6.49. The van der Waals surface area contributed by atoms with Gasteiger partial charge in [-0.2, -0.15) is 0 Å². The molecule has 1 N–H and O–H groups in total. The Bertz CT molecular complexity index is 508. The van der Waals surface area contributed by atoms with Crippen molar-refractivity contribution >= 4 is 0 Å². The van der Waals surface area contributed by atoms with Gasteiger partial charge in [-0.1, -0.05) is 12.1 Å². The van der Waals surface area contributed by atoms with Crippen LogP contribution < -0.4 is 10.1 Å². The predicted molar refractivity (Wildman–Crippen MR) is 77.1 cm³/mol. The molecule has 0 atom stereocenters. The van der Waals surface area contributed by atoms with Crippen LogP contribution in [0, 0.1) is 6.92 Å². The number of nitrogens with zero attached hydrogens (tertiary/aromatic N) is 1. The molecule has 3 nitrogen and oxygen atoms in total. The van der Waals surface area contributed by atoms with E-state index in [1.807, 2.05) is 37.5 Å². The van der Waals surface area contributed by atoms with E-state index in [0.717, 1.165) is 18.8 Å². The molecule has 0 radical (unpaired) electrons. The molecule has 0 aliphatic heterocycles. The van der Waals surface area contributed by atoms with Gasteiger partial charge in [-0.3, -0.25) is 4.98 Å². The number of hydrogen-bond donors (Lipinski definition) is 1. The maximum atomic E-state index is 5.42. The van der Waals surface area contributed by atoms with Crippen molar-refractivity contribution < 1.29 is 4.74 Å². The Morgan fingerprint density at radius 2 is 1.89 bits per heavy atom. The number of nitrogens with one attached hydrogen (secondary N) is 1. The Morgan fingerprint density at radius 1 is 1.11 bits per heavy atom. The van der Waals surface area contributed by atoms with Gasteiger partial charge < -0.3 is 10.1 Å². The molecule has 19 heavy (non-hydrogen) atoms. The average Bonchev–Trinajstić information content (AvgIpc) is 2.43. The average molecular weight is 256 g/mol. The largest absolute Gasteiger partial charge is 0.494 e.